The molecule has 27 heavy (non-hydrogen) atoms. The van der Waals surface area contributed by atoms with Crippen LogP contribution in [-0.2, 0) is 6.42 Å². The lowest BCUT2D eigenvalue weighted by atomic mass is 10.1. The molecule has 0 aliphatic heterocycles. The van der Waals surface area contributed by atoms with E-state index in [4.69, 9.17) is 4.74 Å². The maximum atomic E-state index is 5.21. The van der Waals surface area contributed by atoms with Crippen molar-refractivity contribution in [2.75, 3.05) is 7.11 Å². The van der Waals surface area contributed by atoms with E-state index in [9.17, 15) is 0 Å². The van der Waals surface area contributed by atoms with Gasteiger partial charge >= 0.3 is 0 Å². The second-order valence-electron chi connectivity index (χ2n) is 6.38. The predicted molar refractivity (Wildman–Crippen MR) is 115 cm³/mol. The molecule has 0 saturated heterocycles. The zero-order chi connectivity index (χ0) is 18.9. The van der Waals surface area contributed by atoms with Crippen LogP contribution in [0.15, 0.2) is 89.9 Å². The largest absolute Gasteiger partial charge is 0.497 e. The fraction of sp³-hybridized carbons (Fsp3) is 0.160. The Morgan fingerprint density at radius 2 is 1.44 bits per heavy atom. The van der Waals surface area contributed by atoms with Crippen molar-refractivity contribution in [2.45, 2.75) is 19.8 Å². The van der Waals surface area contributed by atoms with E-state index in [1.807, 2.05) is 30.5 Å². The van der Waals surface area contributed by atoms with E-state index in [0.717, 1.165) is 29.8 Å². The maximum Gasteiger partial charge on any atom is 0.118 e. The summed E-state index contributed by atoms with van der Waals surface area (Å²) in [4.78, 5) is 4.59. The highest BCUT2D eigenvalue weighted by molar-refractivity contribution is 5.82. The SMILES string of the molecule is C/C=C/CCc1ccc(C=Nc2ccc(-c3ccc(OC)cc3)cc2)cc1. The molecule has 0 fully saturated rings. The number of benzene rings is 3. The molecule has 0 aliphatic carbocycles. The minimum atomic E-state index is 0.868. The van der Waals surface area contributed by atoms with Gasteiger partial charge in [0.15, 0.2) is 0 Å². The van der Waals surface area contributed by atoms with Crippen molar-refractivity contribution in [3.05, 3.63) is 96.1 Å². The fourth-order valence-electron chi connectivity index (χ4n) is 2.86. The average molecular weight is 355 g/mol. The normalized spacial score (nSPS) is 11.3. The zero-order valence-corrected chi connectivity index (χ0v) is 15.9. The molecule has 3 aromatic carbocycles. The van der Waals surface area contributed by atoms with Gasteiger partial charge in [-0.25, -0.2) is 0 Å². The smallest absolute Gasteiger partial charge is 0.118 e. The van der Waals surface area contributed by atoms with Crippen LogP contribution >= 0.6 is 0 Å². The van der Waals surface area contributed by atoms with Crippen molar-refractivity contribution in [3.8, 4) is 16.9 Å². The van der Waals surface area contributed by atoms with Crippen molar-refractivity contribution in [3.63, 3.8) is 0 Å². The Morgan fingerprint density at radius 1 is 0.815 bits per heavy atom. The Morgan fingerprint density at radius 3 is 2.04 bits per heavy atom. The van der Waals surface area contributed by atoms with Crippen molar-refractivity contribution >= 4 is 11.9 Å². The van der Waals surface area contributed by atoms with Gasteiger partial charge in [0, 0.05) is 6.21 Å². The van der Waals surface area contributed by atoms with Gasteiger partial charge in [0.2, 0.25) is 0 Å². The van der Waals surface area contributed by atoms with Crippen LogP contribution in [0.25, 0.3) is 11.1 Å². The first kappa shape index (κ1) is 18.7. The lowest BCUT2D eigenvalue weighted by Gasteiger charge is -2.04. The molecule has 2 heteroatoms. The molecule has 0 unspecified atom stereocenters. The van der Waals surface area contributed by atoms with Crippen molar-refractivity contribution in [2.24, 2.45) is 4.99 Å². The van der Waals surface area contributed by atoms with E-state index in [1.54, 1.807) is 7.11 Å². The van der Waals surface area contributed by atoms with E-state index in [1.165, 1.54) is 16.7 Å². The molecule has 3 aromatic rings. The summed E-state index contributed by atoms with van der Waals surface area (Å²) in [5.41, 5.74) is 5.75. The first-order valence-corrected chi connectivity index (χ1v) is 9.27. The lowest BCUT2D eigenvalue weighted by molar-refractivity contribution is 0.415. The molecule has 0 aromatic heterocycles. The molecule has 0 N–H and O–H groups in total. The monoisotopic (exact) mass is 355 g/mol. The van der Waals surface area contributed by atoms with Crippen LogP contribution in [0.4, 0.5) is 5.69 Å². The summed E-state index contributed by atoms with van der Waals surface area (Å²) in [5.74, 6) is 0.868. The first-order valence-electron chi connectivity index (χ1n) is 9.27. The first-order chi connectivity index (χ1) is 13.3. The van der Waals surface area contributed by atoms with Crippen LogP contribution < -0.4 is 4.74 Å². The third-order valence-electron chi connectivity index (χ3n) is 4.47. The van der Waals surface area contributed by atoms with Gasteiger partial charge in [-0.15, -0.1) is 0 Å². The number of aliphatic imine (C=N–C) groups is 1. The van der Waals surface area contributed by atoms with E-state index in [2.05, 4.69) is 72.6 Å². The summed E-state index contributed by atoms with van der Waals surface area (Å²) in [7, 11) is 1.68. The molecule has 0 radical (unpaired) electrons. The summed E-state index contributed by atoms with van der Waals surface area (Å²) in [6.45, 7) is 2.06. The highest BCUT2D eigenvalue weighted by Gasteiger charge is 1.99. The van der Waals surface area contributed by atoms with Gasteiger partial charge in [-0.3, -0.25) is 4.99 Å². The standard InChI is InChI=1S/C25H25NO/c1-3-4-5-6-20-7-9-21(10-8-20)19-26-24-15-11-22(12-16-24)23-13-17-25(27-2)18-14-23/h3-4,7-19H,5-6H2,1-2H3/b4-3+,26-19?. The third-order valence-corrected chi connectivity index (χ3v) is 4.47. The van der Waals surface area contributed by atoms with Crippen LogP contribution in [0, 0.1) is 0 Å². The van der Waals surface area contributed by atoms with Gasteiger partial charge in [-0.05, 0) is 66.3 Å². The minimum absolute atomic E-state index is 0.868. The summed E-state index contributed by atoms with van der Waals surface area (Å²) in [6.07, 6.45) is 8.38. The second kappa shape index (κ2) is 9.54. The van der Waals surface area contributed by atoms with Gasteiger partial charge in [-0.1, -0.05) is 60.7 Å². The minimum Gasteiger partial charge on any atom is -0.497 e. The van der Waals surface area contributed by atoms with Gasteiger partial charge in [0.25, 0.3) is 0 Å². The highest BCUT2D eigenvalue weighted by Crippen LogP contribution is 2.24. The number of allylic oxidation sites excluding steroid dienone is 2. The number of methoxy groups -OCH3 is 1. The highest BCUT2D eigenvalue weighted by atomic mass is 16.5. The molecule has 0 saturated carbocycles. The number of nitrogens with zero attached hydrogens (tertiary/aromatic N) is 1. The fourth-order valence-corrected chi connectivity index (χ4v) is 2.86. The average Bonchev–Trinajstić information content (AvgIpc) is 2.74. The number of hydrogen-bond acceptors (Lipinski definition) is 2. The van der Waals surface area contributed by atoms with Crippen molar-refractivity contribution in [1.29, 1.82) is 0 Å². The number of rotatable bonds is 7. The Hall–Kier alpha value is -3.13. The molecule has 0 atom stereocenters. The van der Waals surface area contributed by atoms with Crippen molar-refractivity contribution < 1.29 is 4.74 Å². The molecular weight excluding hydrogens is 330 g/mol. The third kappa shape index (κ3) is 5.42. The maximum absolute atomic E-state index is 5.21. The summed E-state index contributed by atoms with van der Waals surface area (Å²) < 4.78 is 5.21. The Bertz CT molecular complexity index is 889. The Labute approximate surface area is 161 Å². The number of aryl methyl sites for hydroxylation is 1. The van der Waals surface area contributed by atoms with Gasteiger partial charge in [0.1, 0.15) is 5.75 Å². The molecule has 136 valence electrons. The molecule has 0 spiro atoms. The molecule has 3 rings (SSSR count). The topological polar surface area (TPSA) is 21.6 Å². The second-order valence-corrected chi connectivity index (χ2v) is 6.38. The number of ether oxygens (including phenoxy) is 1. The Kier molecular flexibility index (Phi) is 6.59. The molecule has 0 aliphatic rings. The number of hydrogen-bond donors (Lipinski definition) is 0. The molecule has 0 amide bonds. The van der Waals surface area contributed by atoms with Crippen LogP contribution in [0.5, 0.6) is 5.75 Å². The van der Waals surface area contributed by atoms with Crippen LogP contribution in [0.1, 0.15) is 24.5 Å². The molecular formula is C25H25NO. The zero-order valence-electron chi connectivity index (χ0n) is 15.9. The van der Waals surface area contributed by atoms with Crippen molar-refractivity contribution in [1.82, 2.24) is 0 Å². The van der Waals surface area contributed by atoms with Gasteiger partial charge in [-0.2, -0.15) is 0 Å². The molecule has 0 bridgehead atoms. The summed E-state index contributed by atoms with van der Waals surface area (Å²) >= 11 is 0. The molecule has 0 heterocycles. The summed E-state index contributed by atoms with van der Waals surface area (Å²) in [5, 5.41) is 0. The Balaban J connectivity index is 1.63. The molecule has 2 nitrogen and oxygen atoms in total. The van der Waals surface area contributed by atoms with E-state index >= 15 is 0 Å². The van der Waals surface area contributed by atoms with Gasteiger partial charge in [0.05, 0.1) is 12.8 Å². The van der Waals surface area contributed by atoms with E-state index < -0.39 is 0 Å². The van der Waals surface area contributed by atoms with Crippen LogP contribution in [0.3, 0.4) is 0 Å². The predicted octanol–water partition coefficient (Wildman–Crippen LogP) is 6.62. The quantitative estimate of drug-likeness (QED) is 0.345. The van der Waals surface area contributed by atoms with E-state index in [0.29, 0.717) is 0 Å². The van der Waals surface area contributed by atoms with E-state index in [-0.39, 0.29) is 0 Å². The van der Waals surface area contributed by atoms with Gasteiger partial charge < -0.3 is 4.74 Å². The summed E-state index contributed by atoms with van der Waals surface area (Å²) in [6, 6.07) is 25.0. The van der Waals surface area contributed by atoms with Crippen LogP contribution in [-0.4, -0.2) is 13.3 Å². The lowest BCUT2D eigenvalue weighted by Crippen LogP contribution is -1.86. The van der Waals surface area contributed by atoms with Crippen LogP contribution in [0.2, 0.25) is 0 Å².